The molecule has 2 unspecified atom stereocenters. The average molecular weight is 460 g/mol. The highest BCUT2D eigenvalue weighted by Crippen LogP contribution is 2.52. The van der Waals surface area contributed by atoms with E-state index in [0.717, 1.165) is 0 Å². The predicted octanol–water partition coefficient (Wildman–Crippen LogP) is 5.75. The molecule has 0 amide bonds. The molecule has 0 aliphatic heterocycles. The van der Waals surface area contributed by atoms with Crippen LogP contribution in [0.4, 0.5) is 70.2 Å². The molecule has 0 radical (unpaired) electrons. The van der Waals surface area contributed by atoms with Crippen molar-refractivity contribution in [3.8, 4) is 0 Å². The summed E-state index contributed by atoms with van der Waals surface area (Å²) in [5.74, 6) is -14.3. The number of allylic oxidation sites excluding steroid dienone is 1. The molecule has 0 heterocycles. The smallest absolute Gasteiger partial charge is 0.462 e. The van der Waals surface area contributed by atoms with Crippen molar-refractivity contribution in [2.45, 2.75) is 48.9 Å². The van der Waals surface area contributed by atoms with Gasteiger partial charge in [0.05, 0.1) is 12.3 Å². The van der Waals surface area contributed by atoms with Gasteiger partial charge in [0.2, 0.25) is 6.10 Å². The van der Waals surface area contributed by atoms with Crippen molar-refractivity contribution < 1.29 is 79.7 Å². The molecule has 0 bridgehead atoms. The highest BCUT2D eigenvalue weighted by atomic mass is 19.4. The quantitative estimate of drug-likeness (QED) is 0.356. The Morgan fingerprint density at radius 1 is 0.643 bits per heavy atom. The van der Waals surface area contributed by atoms with E-state index in [1.54, 1.807) is 4.74 Å². The predicted molar refractivity (Wildman–Crippen MR) is 53.0 cm³/mol. The van der Waals surface area contributed by atoms with Gasteiger partial charge < -0.3 is 4.74 Å². The monoisotopic (exact) mass is 460 g/mol. The Kier molecular flexibility index (Phi) is 7.22. The minimum Gasteiger partial charge on any atom is -0.486 e. The number of ether oxygens (including phenoxy) is 2. The first-order valence-electron chi connectivity index (χ1n) is 5.96. The van der Waals surface area contributed by atoms with Gasteiger partial charge in [0, 0.05) is 0 Å². The lowest BCUT2D eigenvalue weighted by atomic mass is 10.1. The summed E-state index contributed by atoms with van der Waals surface area (Å²) in [6.07, 6.45) is -39.7. The van der Waals surface area contributed by atoms with Crippen molar-refractivity contribution in [2.75, 3.05) is 0 Å². The van der Waals surface area contributed by atoms with Crippen molar-refractivity contribution in [1.29, 1.82) is 0 Å². The van der Waals surface area contributed by atoms with Crippen LogP contribution >= 0.6 is 0 Å². The van der Waals surface area contributed by atoms with Gasteiger partial charge in [0.15, 0.2) is 0 Å². The minimum absolute atomic E-state index is 1.11. The van der Waals surface area contributed by atoms with Crippen molar-refractivity contribution in [3.05, 3.63) is 12.3 Å². The SMILES string of the molecule is FC(F)C(OC=CC(F)(F)F)C(F)(OC(F)(F)C(F)(F)C(F)(F)F)C(F)(F)F. The van der Waals surface area contributed by atoms with E-state index in [4.69, 9.17) is 0 Å². The fraction of sp³-hybridized carbons (Fsp3) is 0.800. The zero-order valence-electron chi connectivity index (χ0n) is 12.2. The van der Waals surface area contributed by atoms with Crippen molar-refractivity contribution >= 4 is 0 Å². The first kappa shape index (κ1) is 26.4. The number of hydrogen-bond donors (Lipinski definition) is 0. The molecule has 2 atom stereocenters. The lowest BCUT2D eigenvalue weighted by Crippen LogP contribution is -2.64. The van der Waals surface area contributed by atoms with Crippen LogP contribution in [-0.2, 0) is 9.47 Å². The van der Waals surface area contributed by atoms with Gasteiger partial charge in [-0.2, -0.15) is 61.5 Å². The molecule has 2 nitrogen and oxygen atoms in total. The third kappa shape index (κ3) is 5.69. The van der Waals surface area contributed by atoms with Gasteiger partial charge in [0.25, 0.3) is 6.43 Å². The topological polar surface area (TPSA) is 18.5 Å². The fourth-order valence-electron chi connectivity index (χ4n) is 1.20. The van der Waals surface area contributed by atoms with Crippen molar-refractivity contribution in [1.82, 2.24) is 0 Å². The van der Waals surface area contributed by atoms with Crippen LogP contribution in [0.5, 0.6) is 0 Å². The van der Waals surface area contributed by atoms with Crippen LogP contribution in [0.2, 0.25) is 0 Å². The summed E-state index contributed by atoms with van der Waals surface area (Å²) in [7, 11) is 0. The molecule has 0 rings (SSSR count). The number of halogens is 16. The lowest BCUT2D eigenvalue weighted by Gasteiger charge is -2.38. The largest absolute Gasteiger partial charge is 0.486 e. The maximum atomic E-state index is 13.8. The van der Waals surface area contributed by atoms with Crippen LogP contribution in [0, 0.1) is 0 Å². The van der Waals surface area contributed by atoms with E-state index in [1.807, 2.05) is 0 Å². The van der Waals surface area contributed by atoms with Gasteiger partial charge in [-0.1, -0.05) is 0 Å². The maximum Gasteiger partial charge on any atom is 0.462 e. The summed E-state index contributed by atoms with van der Waals surface area (Å²) >= 11 is 0. The summed E-state index contributed by atoms with van der Waals surface area (Å²) in [4.78, 5) is 0. The van der Waals surface area contributed by atoms with Crippen molar-refractivity contribution in [2.24, 2.45) is 0 Å². The molecule has 0 aromatic carbocycles. The van der Waals surface area contributed by atoms with E-state index in [1.165, 1.54) is 0 Å². The summed E-state index contributed by atoms with van der Waals surface area (Å²) in [6.45, 7) is 0. The van der Waals surface area contributed by atoms with E-state index >= 15 is 0 Å². The number of alkyl halides is 16. The lowest BCUT2D eigenvalue weighted by molar-refractivity contribution is -0.496. The standard InChI is InChI=1S/C10H4F16O2/c11-4(12)3(27-2-1-5(13,14)15)6(16,8(19,20)21)28-10(25,26)7(17,18)9(22,23)24/h1-4H. The second-order valence-electron chi connectivity index (χ2n) is 4.57. The molecule has 0 aromatic rings. The van der Waals surface area contributed by atoms with Crippen LogP contribution in [0.15, 0.2) is 12.3 Å². The summed E-state index contributed by atoms with van der Waals surface area (Å²) in [5, 5.41) is 0. The van der Waals surface area contributed by atoms with Gasteiger partial charge in [-0.15, -0.1) is 0 Å². The van der Waals surface area contributed by atoms with E-state index in [0.29, 0.717) is 0 Å². The molecule has 0 spiro atoms. The van der Waals surface area contributed by atoms with Gasteiger partial charge in [-0.25, -0.2) is 8.78 Å². The molecule has 0 N–H and O–H groups in total. The zero-order chi connectivity index (χ0) is 23.0. The Bertz CT molecular complexity index is 543. The maximum absolute atomic E-state index is 13.8. The Labute approximate surface area is 142 Å². The van der Waals surface area contributed by atoms with Crippen LogP contribution in [0.3, 0.4) is 0 Å². The van der Waals surface area contributed by atoms with Crippen LogP contribution in [-0.4, -0.2) is 48.9 Å². The molecule has 0 aromatic heterocycles. The van der Waals surface area contributed by atoms with Gasteiger partial charge in [0.1, 0.15) is 0 Å². The normalized spacial score (nSPS) is 18.5. The third-order valence-electron chi connectivity index (χ3n) is 2.46. The van der Waals surface area contributed by atoms with E-state index < -0.39 is 61.3 Å². The summed E-state index contributed by atoms with van der Waals surface area (Å²) < 4.78 is 203. The minimum atomic E-state index is -7.53. The Hall–Kier alpha value is -1.62. The molecule has 0 saturated carbocycles. The first-order chi connectivity index (χ1) is 12.0. The van der Waals surface area contributed by atoms with E-state index in [2.05, 4.69) is 4.74 Å². The average Bonchev–Trinajstić information content (AvgIpc) is 2.38. The number of rotatable bonds is 7. The Morgan fingerprint density at radius 2 is 1.07 bits per heavy atom. The van der Waals surface area contributed by atoms with Crippen LogP contribution in [0.1, 0.15) is 0 Å². The second-order valence-corrected chi connectivity index (χ2v) is 4.57. The fourth-order valence-corrected chi connectivity index (χ4v) is 1.20. The highest BCUT2D eigenvalue weighted by Gasteiger charge is 2.80. The van der Waals surface area contributed by atoms with Crippen LogP contribution < -0.4 is 0 Å². The zero-order valence-corrected chi connectivity index (χ0v) is 12.2. The van der Waals surface area contributed by atoms with Gasteiger partial charge >= 0.3 is 36.4 Å². The molecule has 0 aliphatic carbocycles. The van der Waals surface area contributed by atoms with Gasteiger partial charge in [-0.3, -0.25) is 4.74 Å². The molecular weight excluding hydrogens is 456 g/mol. The highest BCUT2D eigenvalue weighted by molar-refractivity contribution is 4.95. The van der Waals surface area contributed by atoms with E-state index in [-0.39, 0.29) is 0 Å². The third-order valence-corrected chi connectivity index (χ3v) is 2.46. The molecule has 168 valence electrons. The molecule has 18 heteroatoms. The first-order valence-corrected chi connectivity index (χ1v) is 5.96. The molecule has 0 saturated heterocycles. The second kappa shape index (κ2) is 7.66. The summed E-state index contributed by atoms with van der Waals surface area (Å²) in [5.41, 5.74) is 0. The Balaban J connectivity index is 6.19. The van der Waals surface area contributed by atoms with Crippen LogP contribution in [0.25, 0.3) is 0 Å². The van der Waals surface area contributed by atoms with Crippen molar-refractivity contribution in [3.63, 3.8) is 0 Å². The summed E-state index contributed by atoms with van der Waals surface area (Å²) in [6, 6.07) is 0. The molecule has 0 fully saturated rings. The number of hydrogen-bond acceptors (Lipinski definition) is 2. The Morgan fingerprint density at radius 3 is 1.36 bits per heavy atom. The molecule has 28 heavy (non-hydrogen) atoms. The molecule has 0 aliphatic rings. The molecular formula is C10H4F16O2. The van der Waals surface area contributed by atoms with E-state index in [9.17, 15) is 70.2 Å². The van der Waals surface area contributed by atoms with Gasteiger partial charge in [-0.05, 0) is 0 Å².